The molecule has 1 aromatic heterocycles. The molecule has 2 atom stereocenters. The van der Waals surface area contributed by atoms with Crippen LogP contribution in [0.25, 0.3) is 0 Å². The first kappa shape index (κ1) is 13.4. The van der Waals surface area contributed by atoms with Crippen molar-refractivity contribution in [2.75, 3.05) is 5.73 Å². The van der Waals surface area contributed by atoms with Crippen LogP contribution >= 0.6 is 11.6 Å². The van der Waals surface area contributed by atoms with Crippen LogP contribution in [0, 0.1) is 11.3 Å². The molecule has 1 aliphatic rings. The highest BCUT2D eigenvalue weighted by Crippen LogP contribution is 2.40. The fourth-order valence-corrected chi connectivity index (χ4v) is 3.08. The Hall–Kier alpha value is -1.03. The Morgan fingerprint density at radius 2 is 2.17 bits per heavy atom. The van der Waals surface area contributed by atoms with Gasteiger partial charge in [-0.2, -0.15) is 4.98 Å². The molecule has 0 aromatic carbocycles. The van der Waals surface area contributed by atoms with Crippen molar-refractivity contribution >= 4 is 17.3 Å². The third-order valence-corrected chi connectivity index (χ3v) is 3.56. The molecule has 0 aliphatic heterocycles. The van der Waals surface area contributed by atoms with Crippen molar-refractivity contribution in [3.63, 3.8) is 0 Å². The monoisotopic (exact) mass is 269 g/mol. The molecule has 0 amide bonds. The van der Waals surface area contributed by atoms with Crippen LogP contribution in [-0.2, 0) is 0 Å². The summed E-state index contributed by atoms with van der Waals surface area (Å²) >= 11 is 5.76. The number of halogens is 1. The maximum absolute atomic E-state index is 5.91. The summed E-state index contributed by atoms with van der Waals surface area (Å²) in [5.74, 6) is 1.06. The van der Waals surface area contributed by atoms with E-state index in [-0.39, 0.29) is 11.4 Å². The molecule has 100 valence electrons. The van der Waals surface area contributed by atoms with Crippen molar-refractivity contribution in [2.45, 2.75) is 46.1 Å². The summed E-state index contributed by atoms with van der Waals surface area (Å²) in [6, 6.07) is 0. The minimum Gasteiger partial charge on any atom is -0.473 e. The number of hydrogen-bond donors (Lipinski definition) is 1. The number of nitrogens with two attached hydrogens (primary N) is 1. The molecule has 0 saturated heterocycles. The Bertz CT molecular complexity index is 436. The van der Waals surface area contributed by atoms with E-state index in [0.717, 1.165) is 12.8 Å². The fourth-order valence-electron chi connectivity index (χ4n) is 2.96. The predicted molar refractivity (Wildman–Crippen MR) is 72.7 cm³/mol. The van der Waals surface area contributed by atoms with E-state index >= 15 is 0 Å². The fraction of sp³-hybridized carbons (Fsp3) is 0.692. The number of rotatable bonds is 2. The summed E-state index contributed by atoms with van der Waals surface area (Å²) in [4.78, 5) is 7.87. The second-order valence-corrected chi connectivity index (χ2v) is 6.39. The van der Waals surface area contributed by atoms with E-state index in [9.17, 15) is 0 Å². The van der Waals surface area contributed by atoms with Gasteiger partial charge in [-0.3, -0.25) is 0 Å². The molecule has 1 aliphatic carbocycles. The van der Waals surface area contributed by atoms with Crippen LogP contribution in [0.3, 0.4) is 0 Å². The van der Waals surface area contributed by atoms with E-state index in [1.807, 2.05) is 0 Å². The molecule has 1 saturated carbocycles. The highest BCUT2D eigenvalue weighted by Gasteiger charge is 2.33. The molecule has 2 N–H and O–H groups in total. The van der Waals surface area contributed by atoms with Gasteiger partial charge in [0, 0.05) is 0 Å². The standard InChI is InChI=1S/C13H20ClN3O/c1-8-4-9(6-13(2,3)5-8)18-11-10(15)7-16-12(14)17-11/h7-9H,4-6,15H2,1-3H3. The van der Waals surface area contributed by atoms with Crippen molar-refractivity contribution in [3.05, 3.63) is 11.5 Å². The third-order valence-electron chi connectivity index (χ3n) is 3.38. The molecule has 2 unspecified atom stereocenters. The van der Waals surface area contributed by atoms with E-state index in [4.69, 9.17) is 22.1 Å². The van der Waals surface area contributed by atoms with Gasteiger partial charge in [0.1, 0.15) is 11.8 Å². The number of hydrogen-bond acceptors (Lipinski definition) is 4. The van der Waals surface area contributed by atoms with Crippen molar-refractivity contribution in [1.82, 2.24) is 9.97 Å². The molecule has 0 spiro atoms. The van der Waals surface area contributed by atoms with Crippen molar-refractivity contribution < 1.29 is 4.74 Å². The second kappa shape index (κ2) is 4.92. The first-order chi connectivity index (χ1) is 8.35. The number of ether oxygens (including phenoxy) is 1. The van der Waals surface area contributed by atoms with Crippen LogP contribution in [0.5, 0.6) is 5.88 Å². The summed E-state index contributed by atoms with van der Waals surface area (Å²) in [5, 5.41) is 0.169. The van der Waals surface area contributed by atoms with Gasteiger partial charge in [-0.25, -0.2) is 4.98 Å². The molecule has 1 fully saturated rings. The Kier molecular flexibility index (Phi) is 3.66. The largest absolute Gasteiger partial charge is 0.473 e. The Morgan fingerprint density at radius 1 is 1.44 bits per heavy atom. The lowest BCUT2D eigenvalue weighted by Gasteiger charge is -2.38. The van der Waals surface area contributed by atoms with Gasteiger partial charge in [-0.15, -0.1) is 0 Å². The Balaban J connectivity index is 2.11. The zero-order valence-electron chi connectivity index (χ0n) is 11.1. The molecule has 0 radical (unpaired) electrons. The van der Waals surface area contributed by atoms with E-state index in [0.29, 0.717) is 22.9 Å². The second-order valence-electron chi connectivity index (χ2n) is 6.05. The van der Waals surface area contributed by atoms with Crippen LogP contribution in [0.15, 0.2) is 6.20 Å². The first-order valence-electron chi connectivity index (χ1n) is 6.30. The van der Waals surface area contributed by atoms with Crippen molar-refractivity contribution in [2.24, 2.45) is 11.3 Å². The first-order valence-corrected chi connectivity index (χ1v) is 6.68. The average Bonchev–Trinajstić information content (AvgIpc) is 2.20. The van der Waals surface area contributed by atoms with Crippen LogP contribution in [0.1, 0.15) is 40.0 Å². The smallest absolute Gasteiger partial charge is 0.241 e. The normalized spacial score (nSPS) is 26.9. The topological polar surface area (TPSA) is 61.0 Å². The van der Waals surface area contributed by atoms with Gasteiger partial charge in [0.05, 0.1) is 6.20 Å². The van der Waals surface area contributed by atoms with Gasteiger partial charge >= 0.3 is 0 Å². The molecular weight excluding hydrogens is 250 g/mol. The van der Waals surface area contributed by atoms with Crippen LogP contribution in [0.2, 0.25) is 5.28 Å². The summed E-state index contributed by atoms with van der Waals surface area (Å²) in [6.07, 6.45) is 4.91. The zero-order chi connectivity index (χ0) is 13.3. The highest BCUT2D eigenvalue weighted by atomic mass is 35.5. The maximum Gasteiger partial charge on any atom is 0.241 e. The van der Waals surface area contributed by atoms with E-state index in [1.165, 1.54) is 12.6 Å². The van der Waals surface area contributed by atoms with Gasteiger partial charge in [-0.1, -0.05) is 20.8 Å². The maximum atomic E-state index is 5.91. The highest BCUT2D eigenvalue weighted by molar-refractivity contribution is 6.28. The van der Waals surface area contributed by atoms with Crippen molar-refractivity contribution in [1.29, 1.82) is 0 Å². The van der Waals surface area contributed by atoms with E-state index < -0.39 is 0 Å². The van der Waals surface area contributed by atoms with E-state index in [1.54, 1.807) is 0 Å². The molecule has 1 aromatic rings. The summed E-state index contributed by atoms with van der Waals surface area (Å²) in [5.41, 5.74) is 6.54. The SMILES string of the molecule is CC1CC(Oc2nc(Cl)ncc2N)CC(C)(C)C1. The van der Waals surface area contributed by atoms with Gasteiger partial charge in [-0.05, 0) is 42.2 Å². The van der Waals surface area contributed by atoms with Gasteiger partial charge in [0.2, 0.25) is 11.2 Å². The number of aromatic nitrogens is 2. The predicted octanol–water partition coefficient (Wildman–Crippen LogP) is 3.31. The third kappa shape index (κ3) is 3.25. The van der Waals surface area contributed by atoms with Crippen LogP contribution < -0.4 is 10.5 Å². The minimum atomic E-state index is 0.150. The minimum absolute atomic E-state index is 0.150. The van der Waals surface area contributed by atoms with Crippen LogP contribution in [0.4, 0.5) is 5.69 Å². The molecular formula is C13H20ClN3O. The summed E-state index contributed by atoms with van der Waals surface area (Å²) in [6.45, 7) is 6.80. The molecule has 4 nitrogen and oxygen atoms in total. The Morgan fingerprint density at radius 3 is 2.83 bits per heavy atom. The average molecular weight is 270 g/mol. The van der Waals surface area contributed by atoms with Gasteiger partial charge in [0.25, 0.3) is 0 Å². The number of anilines is 1. The molecule has 1 heterocycles. The molecule has 2 rings (SSSR count). The quantitative estimate of drug-likeness (QED) is 0.837. The summed E-state index contributed by atoms with van der Waals surface area (Å²) < 4.78 is 5.91. The van der Waals surface area contributed by atoms with E-state index in [2.05, 4.69) is 30.7 Å². The Labute approximate surface area is 113 Å². The number of nitrogens with zero attached hydrogens (tertiary/aromatic N) is 2. The van der Waals surface area contributed by atoms with Gasteiger partial charge in [0.15, 0.2) is 0 Å². The summed E-state index contributed by atoms with van der Waals surface area (Å²) in [7, 11) is 0. The lowest BCUT2D eigenvalue weighted by atomic mass is 9.71. The molecule has 5 heteroatoms. The van der Waals surface area contributed by atoms with Gasteiger partial charge < -0.3 is 10.5 Å². The molecule has 0 bridgehead atoms. The molecule has 18 heavy (non-hydrogen) atoms. The zero-order valence-corrected chi connectivity index (χ0v) is 11.9. The van der Waals surface area contributed by atoms with Crippen LogP contribution in [-0.4, -0.2) is 16.1 Å². The van der Waals surface area contributed by atoms with Crippen molar-refractivity contribution in [3.8, 4) is 5.88 Å². The lowest BCUT2D eigenvalue weighted by Crippen LogP contribution is -2.34. The lowest BCUT2D eigenvalue weighted by molar-refractivity contribution is 0.0537. The number of nitrogen functional groups attached to an aromatic ring is 1.